The molecule has 0 aliphatic carbocycles. The third-order valence-corrected chi connectivity index (χ3v) is 5.92. The average molecular weight is 441 g/mol. The quantitative estimate of drug-likeness (QED) is 0.484. The highest BCUT2D eigenvalue weighted by Crippen LogP contribution is 2.26. The molecule has 1 amide bonds. The summed E-state index contributed by atoms with van der Waals surface area (Å²) in [5.41, 5.74) is 3.19. The highest BCUT2D eigenvalue weighted by molar-refractivity contribution is 7.99. The lowest BCUT2D eigenvalue weighted by Gasteiger charge is -2.11. The lowest BCUT2D eigenvalue weighted by molar-refractivity contribution is -0.118. The van der Waals surface area contributed by atoms with Crippen molar-refractivity contribution in [1.82, 2.24) is 20.1 Å². The Bertz CT molecular complexity index is 1040. The van der Waals surface area contributed by atoms with Gasteiger partial charge in [0.15, 0.2) is 11.0 Å². The Morgan fingerprint density at radius 3 is 2.65 bits per heavy atom. The predicted molar refractivity (Wildman–Crippen MR) is 123 cm³/mol. The Balaban J connectivity index is 1.57. The molecule has 2 aromatic carbocycles. The molecule has 0 radical (unpaired) electrons. The van der Waals surface area contributed by atoms with E-state index in [-0.39, 0.29) is 11.7 Å². The first-order valence-corrected chi connectivity index (χ1v) is 11.2. The number of amides is 1. The van der Waals surface area contributed by atoms with E-state index in [1.54, 1.807) is 14.2 Å². The predicted octanol–water partition coefficient (Wildman–Crippen LogP) is 3.74. The molecule has 1 aromatic heterocycles. The van der Waals surface area contributed by atoms with Crippen LogP contribution in [0, 0.1) is 6.92 Å². The van der Waals surface area contributed by atoms with Gasteiger partial charge in [-0.2, -0.15) is 0 Å². The Morgan fingerprint density at radius 1 is 1.13 bits per heavy atom. The minimum absolute atomic E-state index is 0.0463. The fourth-order valence-corrected chi connectivity index (χ4v) is 4.13. The van der Waals surface area contributed by atoms with Gasteiger partial charge in [-0.05, 0) is 49.6 Å². The number of carbonyl (C=O) groups is 1. The molecular formula is C23H28N4O3S. The summed E-state index contributed by atoms with van der Waals surface area (Å²) in [6, 6.07) is 13.8. The minimum atomic E-state index is -0.0463. The van der Waals surface area contributed by atoms with Crippen LogP contribution in [0.2, 0.25) is 0 Å². The van der Waals surface area contributed by atoms with Crippen LogP contribution in [0.3, 0.4) is 0 Å². The van der Waals surface area contributed by atoms with E-state index in [9.17, 15) is 4.79 Å². The summed E-state index contributed by atoms with van der Waals surface area (Å²) >= 11 is 1.39. The summed E-state index contributed by atoms with van der Waals surface area (Å²) in [5.74, 6) is 2.61. The number of ether oxygens (including phenoxy) is 2. The van der Waals surface area contributed by atoms with Gasteiger partial charge >= 0.3 is 0 Å². The maximum Gasteiger partial charge on any atom is 0.230 e. The fraction of sp³-hybridized carbons (Fsp3) is 0.348. The van der Waals surface area contributed by atoms with E-state index in [1.165, 1.54) is 11.8 Å². The van der Waals surface area contributed by atoms with E-state index >= 15 is 0 Å². The van der Waals surface area contributed by atoms with Crippen molar-refractivity contribution >= 4 is 17.7 Å². The number of aryl methyl sites for hydroxylation is 1. The van der Waals surface area contributed by atoms with Crippen LogP contribution in [0.25, 0.3) is 11.4 Å². The van der Waals surface area contributed by atoms with E-state index in [0.29, 0.717) is 13.0 Å². The molecule has 164 valence electrons. The molecule has 7 nitrogen and oxygen atoms in total. The summed E-state index contributed by atoms with van der Waals surface area (Å²) < 4.78 is 12.7. The zero-order valence-electron chi connectivity index (χ0n) is 18.3. The number of rotatable bonds is 10. The van der Waals surface area contributed by atoms with Crippen molar-refractivity contribution in [2.75, 3.05) is 26.5 Å². The molecule has 8 heteroatoms. The first-order chi connectivity index (χ1) is 15.1. The Labute approximate surface area is 187 Å². The second-order valence-corrected chi connectivity index (χ2v) is 7.87. The first-order valence-electron chi connectivity index (χ1n) is 10.2. The summed E-state index contributed by atoms with van der Waals surface area (Å²) in [7, 11) is 3.26. The van der Waals surface area contributed by atoms with Crippen LogP contribution in [0.1, 0.15) is 18.1 Å². The number of hydrogen-bond donors (Lipinski definition) is 1. The van der Waals surface area contributed by atoms with Gasteiger partial charge in [-0.25, -0.2) is 0 Å². The second-order valence-electron chi connectivity index (χ2n) is 6.93. The molecular weight excluding hydrogens is 412 g/mol. The van der Waals surface area contributed by atoms with Gasteiger partial charge in [0.25, 0.3) is 0 Å². The number of methoxy groups -OCH3 is 2. The molecule has 3 aromatic rings. The van der Waals surface area contributed by atoms with Gasteiger partial charge in [0.1, 0.15) is 11.5 Å². The summed E-state index contributed by atoms with van der Waals surface area (Å²) in [4.78, 5) is 12.4. The number of carbonyl (C=O) groups excluding carboxylic acids is 1. The van der Waals surface area contributed by atoms with Crippen LogP contribution in [0.5, 0.6) is 11.5 Å². The molecule has 0 spiro atoms. The number of nitrogens with one attached hydrogen (secondary N) is 1. The van der Waals surface area contributed by atoms with Gasteiger partial charge in [-0.3, -0.25) is 4.79 Å². The monoisotopic (exact) mass is 440 g/mol. The molecule has 0 aliphatic rings. The largest absolute Gasteiger partial charge is 0.497 e. The lowest BCUT2D eigenvalue weighted by Crippen LogP contribution is -2.27. The molecule has 0 unspecified atom stereocenters. The summed E-state index contributed by atoms with van der Waals surface area (Å²) in [6.45, 7) is 5.35. The Hall–Kier alpha value is -3.00. The molecule has 0 fully saturated rings. The number of hydrogen-bond acceptors (Lipinski definition) is 6. The zero-order valence-corrected chi connectivity index (χ0v) is 19.2. The molecule has 0 bridgehead atoms. The van der Waals surface area contributed by atoms with Gasteiger partial charge in [-0.15, -0.1) is 10.2 Å². The van der Waals surface area contributed by atoms with Gasteiger partial charge in [0, 0.05) is 18.7 Å². The maximum absolute atomic E-state index is 12.4. The Kier molecular flexibility index (Phi) is 7.94. The zero-order chi connectivity index (χ0) is 22.2. The van der Waals surface area contributed by atoms with E-state index in [2.05, 4.69) is 35.4 Å². The third kappa shape index (κ3) is 5.58. The van der Waals surface area contributed by atoms with Gasteiger partial charge < -0.3 is 19.4 Å². The van der Waals surface area contributed by atoms with Crippen molar-refractivity contribution in [3.05, 3.63) is 53.6 Å². The molecule has 31 heavy (non-hydrogen) atoms. The van der Waals surface area contributed by atoms with Crippen LogP contribution in [0.4, 0.5) is 0 Å². The van der Waals surface area contributed by atoms with Crippen molar-refractivity contribution in [1.29, 1.82) is 0 Å². The first kappa shape index (κ1) is 22.7. The van der Waals surface area contributed by atoms with Gasteiger partial charge in [0.2, 0.25) is 5.91 Å². The molecule has 3 rings (SSSR count). The van der Waals surface area contributed by atoms with Crippen molar-refractivity contribution < 1.29 is 14.3 Å². The summed E-state index contributed by atoms with van der Waals surface area (Å²) in [5, 5.41) is 12.4. The van der Waals surface area contributed by atoms with Crippen molar-refractivity contribution in [3.8, 4) is 22.9 Å². The van der Waals surface area contributed by atoms with Gasteiger partial charge in [-0.1, -0.05) is 36.0 Å². The number of aromatic nitrogens is 3. The second kappa shape index (κ2) is 10.9. The van der Waals surface area contributed by atoms with Gasteiger partial charge in [0.05, 0.1) is 20.0 Å². The van der Waals surface area contributed by atoms with E-state index in [1.807, 2.05) is 41.0 Å². The molecule has 1 N–H and O–H groups in total. The number of thioether (sulfide) groups is 1. The third-order valence-electron chi connectivity index (χ3n) is 4.96. The fourth-order valence-electron chi connectivity index (χ4n) is 3.30. The molecule has 0 atom stereocenters. The molecule has 0 saturated heterocycles. The van der Waals surface area contributed by atoms with E-state index in [4.69, 9.17) is 9.47 Å². The smallest absolute Gasteiger partial charge is 0.230 e. The van der Waals surface area contributed by atoms with Crippen LogP contribution in [-0.4, -0.2) is 47.2 Å². The van der Waals surface area contributed by atoms with Crippen molar-refractivity contribution in [3.63, 3.8) is 0 Å². The highest BCUT2D eigenvalue weighted by atomic mass is 32.2. The standard InChI is InChI=1S/C23H28N4O3S/c1-5-27-22(19-9-7-6-8-16(19)2)25-26-23(27)31-15-21(28)24-13-12-17-14-18(29-3)10-11-20(17)30-4/h6-11,14H,5,12-13,15H2,1-4H3,(H,24,28). The minimum Gasteiger partial charge on any atom is -0.497 e. The summed E-state index contributed by atoms with van der Waals surface area (Å²) in [6.07, 6.45) is 0.652. The average Bonchev–Trinajstić information content (AvgIpc) is 3.20. The van der Waals surface area contributed by atoms with Crippen LogP contribution < -0.4 is 14.8 Å². The lowest BCUT2D eigenvalue weighted by atomic mass is 10.1. The maximum atomic E-state index is 12.4. The normalized spacial score (nSPS) is 10.7. The number of benzene rings is 2. The van der Waals surface area contributed by atoms with E-state index < -0.39 is 0 Å². The van der Waals surface area contributed by atoms with Crippen LogP contribution in [-0.2, 0) is 17.8 Å². The van der Waals surface area contributed by atoms with Crippen molar-refractivity contribution in [2.24, 2.45) is 0 Å². The molecule has 0 saturated carbocycles. The molecule has 0 aliphatic heterocycles. The Morgan fingerprint density at radius 2 is 1.94 bits per heavy atom. The topological polar surface area (TPSA) is 78.3 Å². The van der Waals surface area contributed by atoms with E-state index in [0.717, 1.165) is 45.7 Å². The molecule has 1 heterocycles. The van der Waals surface area contributed by atoms with Crippen LogP contribution in [0.15, 0.2) is 47.6 Å². The van der Waals surface area contributed by atoms with Crippen molar-refractivity contribution in [2.45, 2.75) is 32.0 Å². The SMILES string of the molecule is CCn1c(SCC(=O)NCCc2cc(OC)ccc2OC)nnc1-c1ccccc1C. The van der Waals surface area contributed by atoms with Crippen LogP contribution >= 0.6 is 11.8 Å². The number of nitrogens with zero attached hydrogens (tertiary/aromatic N) is 3. The highest BCUT2D eigenvalue weighted by Gasteiger charge is 2.16.